The fourth-order valence-corrected chi connectivity index (χ4v) is 4.22. The zero-order valence-electron chi connectivity index (χ0n) is 12.6. The van der Waals surface area contributed by atoms with Crippen LogP contribution in [0, 0.1) is 20.8 Å². The van der Waals surface area contributed by atoms with Crippen molar-refractivity contribution in [1.29, 1.82) is 0 Å². The zero-order chi connectivity index (χ0) is 15.6. The maximum absolute atomic E-state index is 12.4. The summed E-state index contributed by atoms with van der Waals surface area (Å²) in [5.74, 6) is -0.0816. The highest BCUT2D eigenvalue weighted by Gasteiger charge is 2.22. The molecule has 21 heavy (non-hydrogen) atoms. The second kappa shape index (κ2) is 6.00. The average molecular weight is 303 g/mol. The highest BCUT2D eigenvalue weighted by atomic mass is 32.2. The molecule has 0 aliphatic heterocycles. The van der Waals surface area contributed by atoms with Gasteiger partial charge in [0.1, 0.15) is 0 Å². The van der Waals surface area contributed by atoms with Gasteiger partial charge < -0.3 is 5.73 Å². The highest BCUT2D eigenvalue weighted by Crippen LogP contribution is 2.25. The molecule has 4 heteroatoms. The van der Waals surface area contributed by atoms with Crippen LogP contribution >= 0.6 is 0 Å². The minimum atomic E-state index is -3.38. The van der Waals surface area contributed by atoms with E-state index in [9.17, 15) is 8.42 Å². The lowest BCUT2D eigenvalue weighted by Gasteiger charge is -2.18. The third-order valence-corrected chi connectivity index (χ3v) is 5.40. The van der Waals surface area contributed by atoms with Gasteiger partial charge in [-0.15, -0.1) is 0 Å². The van der Waals surface area contributed by atoms with Gasteiger partial charge in [-0.25, -0.2) is 8.42 Å². The highest BCUT2D eigenvalue weighted by molar-refractivity contribution is 7.91. The van der Waals surface area contributed by atoms with Gasteiger partial charge in [0.2, 0.25) is 0 Å². The molecule has 0 saturated carbocycles. The molecule has 0 heterocycles. The van der Waals surface area contributed by atoms with Crippen molar-refractivity contribution in [1.82, 2.24) is 0 Å². The molecule has 0 bridgehead atoms. The van der Waals surface area contributed by atoms with E-state index < -0.39 is 15.9 Å². The Morgan fingerprint density at radius 1 is 1.00 bits per heavy atom. The molecule has 1 atom stereocenters. The molecule has 2 aromatic carbocycles. The van der Waals surface area contributed by atoms with E-state index in [1.54, 1.807) is 30.3 Å². The topological polar surface area (TPSA) is 60.2 Å². The lowest BCUT2D eigenvalue weighted by Crippen LogP contribution is -2.23. The first-order valence-electron chi connectivity index (χ1n) is 6.92. The lowest BCUT2D eigenvalue weighted by atomic mass is 9.95. The average Bonchev–Trinajstić information content (AvgIpc) is 2.37. The Balaban J connectivity index is 2.33. The van der Waals surface area contributed by atoms with E-state index in [1.807, 2.05) is 32.9 Å². The molecule has 0 aromatic heterocycles. The Hall–Kier alpha value is -1.65. The van der Waals surface area contributed by atoms with E-state index in [0.29, 0.717) is 4.90 Å². The molecule has 0 radical (unpaired) electrons. The predicted molar refractivity (Wildman–Crippen MR) is 86.1 cm³/mol. The smallest absolute Gasteiger partial charge is 0.180 e. The summed E-state index contributed by atoms with van der Waals surface area (Å²) in [6.45, 7) is 5.98. The molecule has 0 fully saturated rings. The summed E-state index contributed by atoms with van der Waals surface area (Å²) in [6, 6.07) is 12.0. The van der Waals surface area contributed by atoms with Gasteiger partial charge in [0.25, 0.3) is 0 Å². The molecule has 0 aliphatic rings. The van der Waals surface area contributed by atoms with Crippen LogP contribution in [0.4, 0.5) is 0 Å². The van der Waals surface area contributed by atoms with E-state index in [2.05, 4.69) is 0 Å². The van der Waals surface area contributed by atoms with Crippen LogP contribution in [-0.2, 0) is 9.84 Å². The molecular weight excluding hydrogens is 282 g/mol. The molecule has 0 amide bonds. The van der Waals surface area contributed by atoms with Crippen molar-refractivity contribution >= 4 is 9.84 Å². The van der Waals surface area contributed by atoms with Gasteiger partial charge in [0.15, 0.2) is 9.84 Å². The SMILES string of the molecule is Cc1cc(C)c(C(N)CS(=O)(=O)c2ccccc2)c(C)c1. The normalized spacial score (nSPS) is 13.1. The third-order valence-electron chi connectivity index (χ3n) is 3.61. The first kappa shape index (κ1) is 15.7. The molecule has 2 rings (SSSR count). The van der Waals surface area contributed by atoms with E-state index in [1.165, 1.54) is 0 Å². The molecule has 1 unspecified atom stereocenters. The summed E-state index contributed by atoms with van der Waals surface area (Å²) in [4.78, 5) is 0.322. The Kier molecular flexibility index (Phi) is 4.49. The largest absolute Gasteiger partial charge is 0.323 e. The Morgan fingerprint density at radius 2 is 1.52 bits per heavy atom. The van der Waals surface area contributed by atoms with Crippen LogP contribution in [0.1, 0.15) is 28.3 Å². The first-order valence-corrected chi connectivity index (χ1v) is 8.57. The minimum Gasteiger partial charge on any atom is -0.323 e. The first-order chi connectivity index (χ1) is 9.81. The maximum Gasteiger partial charge on any atom is 0.180 e. The van der Waals surface area contributed by atoms with E-state index in [-0.39, 0.29) is 5.75 Å². The summed E-state index contributed by atoms with van der Waals surface area (Å²) in [5, 5.41) is 0. The van der Waals surface area contributed by atoms with Gasteiger partial charge in [0, 0.05) is 6.04 Å². The number of hydrogen-bond acceptors (Lipinski definition) is 3. The minimum absolute atomic E-state index is 0.0816. The van der Waals surface area contributed by atoms with Crippen LogP contribution in [-0.4, -0.2) is 14.2 Å². The summed E-state index contributed by atoms with van der Waals surface area (Å²) in [5.41, 5.74) is 10.4. The molecule has 112 valence electrons. The van der Waals surface area contributed by atoms with E-state index in [4.69, 9.17) is 5.73 Å². The van der Waals surface area contributed by atoms with Gasteiger partial charge in [0.05, 0.1) is 10.6 Å². The van der Waals surface area contributed by atoms with Gasteiger partial charge in [-0.2, -0.15) is 0 Å². The van der Waals surface area contributed by atoms with Crippen molar-refractivity contribution in [2.45, 2.75) is 31.7 Å². The molecule has 0 spiro atoms. The van der Waals surface area contributed by atoms with Crippen molar-refractivity contribution in [3.8, 4) is 0 Å². The molecular formula is C17H21NO2S. The Morgan fingerprint density at radius 3 is 2.05 bits per heavy atom. The second-order valence-electron chi connectivity index (χ2n) is 5.51. The maximum atomic E-state index is 12.4. The monoisotopic (exact) mass is 303 g/mol. The molecule has 2 N–H and O–H groups in total. The standard InChI is InChI=1S/C17H21NO2S/c1-12-9-13(2)17(14(3)10-12)16(18)11-21(19,20)15-7-5-4-6-8-15/h4-10,16H,11,18H2,1-3H3. The van der Waals surface area contributed by atoms with Gasteiger partial charge in [-0.1, -0.05) is 35.9 Å². The summed E-state index contributed by atoms with van der Waals surface area (Å²) in [7, 11) is -3.38. The summed E-state index contributed by atoms with van der Waals surface area (Å²) >= 11 is 0. The van der Waals surface area contributed by atoms with Crippen LogP contribution < -0.4 is 5.73 Å². The van der Waals surface area contributed by atoms with Crippen LogP contribution in [0.25, 0.3) is 0 Å². The van der Waals surface area contributed by atoms with Crippen LogP contribution in [0.3, 0.4) is 0 Å². The number of sulfone groups is 1. The molecule has 0 aliphatic carbocycles. The lowest BCUT2D eigenvalue weighted by molar-refractivity contribution is 0.588. The Bertz CT molecular complexity index is 714. The van der Waals surface area contributed by atoms with Crippen molar-refractivity contribution in [2.75, 3.05) is 5.75 Å². The Labute approximate surface area is 126 Å². The number of aryl methyl sites for hydroxylation is 3. The van der Waals surface area contributed by atoms with Crippen LogP contribution in [0.15, 0.2) is 47.4 Å². The van der Waals surface area contributed by atoms with Gasteiger partial charge in [-0.05, 0) is 49.6 Å². The van der Waals surface area contributed by atoms with E-state index in [0.717, 1.165) is 22.3 Å². The number of rotatable bonds is 4. The second-order valence-corrected chi connectivity index (χ2v) is 7.55. The molecule has 3 nitrogen and oxygen atoms in total. The van der Waals surface area contributed by atoms with Gasteiger partial charge >= 0.3 is 0 Å². The summed E-state index contributed by atoms with van der Waals surface area (Å²) < 4.78 is 24.9. The van der Waals surface area contributed by atoms with Crippen molar-refractivity contribution in [3.05, 3.63) is 64.7 Å². The van der Waals surface area contributed by atoms with E-state index >= 15 is 0 Å². The predicted octanol–water partition coefficient (Wildman–Crippen LogP) is 3.09. The zero-order valence-corrected chi connectivity index (χ0v) is 13.4. The number of nitrogens with two attached hydrogens (primary N) is 1. The fraction of sp³-hybridized carbons (Fsp3) is 0.294. The van der Waals surface area contributed by atoms with Crippen molar-refractivity contribution in [3.63, 3.8) is 0 Å². The molecule has 0 saturated heterocycles. The van der Waals surface area contributed by atoms with Crippen LogP contribution in [0.2, 0.25) is 0 Å². The van der Waals surface area contributed by atoms with Crippen molar-refractivity contribution < 1.29 is 8.42 Å². The fourth-order valence-electron chi connectivity index (χ4n) is 2.82. The quantitative estimate of drug-likeness (QED) is 0.944. The number of hydrogen-bond donors (Lipinski definition) is 1. The van der Waals surface area contributed by atoms with Crippen molar-refractivity contribution in [2.24, 2.45) is 5.73 Å². The van der Waals surface area contributed by atoms with Crippen LogP contribution in [0.5, 0.6) is 0 Å². The molecule has 2 aromatic rings. The number of benzene rings is 2. The third kappa shape index (κ3) is 3.52. The summed E-state index contributed by atoms with van der Waals surface area (Å²) in [6.07, 6.45) is 0. The van der Waals surface area contributed by atoms with Gasteiger partial charge in [-0.3, -0.25) is 0 Å².